The Bertz CT molecular complexity index is 322. The second kappa shape index (κ2) is 7.36. The van der Waals surface area contributed by atoms with E-state index in [-0.39, 0.29) is 19.0 Å². The van der Waals surface area contributed by atoms with Gasteiger partial charge in [0, 0.05) is 6.61 Å². The van der Waals surface area contributed by atoms with E-state index in [0.717, 1.165) is 31.6 Å². The molecule has 0 bridgehead atoms. The molecule has 1 aromatic carbocycles. The fourth-order valence-electron chi connectivity index (χ4n) is 1.87. The Kier molecular flexibility index (Phi) is 5.45. The summed E-state index contributed by atoms with van der Waals surface area (Å²) in [5.74, 6) is 0.782. The second-order valence-electron chi connectivity index (χ2n) is 4.36. The van der Waals surface area contributed by atoms with Crippen molar-refractivity contribution in [3.8, 4) is 5.75 Å². The quantitative estimate of drug-likeness (QED) is 0.841. The zero-order valence-corrected chi connectivity index (χ0v) is 10.5. The predicted molar refractivity (Wildman–Crippen MR) is 67.5 cm³/mol. The van der Waals surface area contributed by atoms with Crippen LogP contribution in [0.5, 0.6) is 5.75 Å². The highest BCUT2D eigenvalue weighted by Crippen LogP contribution is 2.16. The molecule has 0 radical (unpaired) electrons. The molecule has 0 aromatic heterocycles. The van der Waals surface area contributed by atoms with E-state index in [1.54, 1.807) is 0 Å². The number of hydrogen-bond donors (Lipinski definition) is 1. The summed E-state index contributed by atoms with van der Waals surface area (Å²) in [5, 5.41) is 9.27. The van der Waals surface area contributed by atoms with Gasteiger partial charge in [-0.25, -0.2) is 0 Å². The summed E-state index contributed by atoms with van der Waals surface area (Å²) in [5.41, 5.74) is 0. The lowest BCUT2D eigenvalue weighted by atomic mass is 10.2. The third kappa shape index (κ3) is 4.29. The van der Waals surface area contributed by atoms with Crippen molar-refractivity contribution in [1.82, 2.24) is 0 Å². The molecule has 18 heavy (non-hydrogen) atoms. The molecule has 1 N–H and O–H groups in total. The van der Waals surface area contributed by atoms with E-state index in [4.69, 9.17) is 14.2 Å². The first-order valence-corrected chi connectivity index (χ1v) is 6.44. The Morgan fingerprint density at radius 3 is 2.78 bits per heavy atom. The minimum Gasteiger partial charge on any atom is -0.491 e. The van der Waals surface area contributed by atoms with Gasteiger partial charge in [-0.05, 0) is 31.4 Å². The van der Waals surface area contributed by atoms with Crippen LogP contribution in [0.4, 0.5) is 0 Å². The van der Waals surface area contributed by atoms with Crippen molar-refractivity contribution < 1.29 is 19.3 Å². The monoisotopic (exact) mass is 252 g/mol. The summed E-state index contributed by atoms with van der Waals surface area (Å²) >= 11 is 0. The summed E-state index contributed by atoms with van der Waals surface area (Å²) < 4.78 is 16.7. The van der Waals surface area contributed by atoms with E-state index in [0.29, 0.717) is 6.61 Å². The van der Waals surface area contributed by atoms with E-state index < -0.39 is 0 Å². The Hall–Kier alpha value is -1.10. The molecule has 0 aliphatic carbocycles. The maximum absolute atomic E-state index is 9.27. The van der Waals surface area contributed by atoms with Gasteiger partial charge in [0.2, 0.25) is 0 Å². The van der Waals surface area contributed by atoms with Crippen LogP contribution in [0.2, 0.25) is 0 Å². The Balaban J connectivity index is 1.74. The highest BCUT2D eigenvalue weighted by molar-refractivity contribution is 5.20. The molecule has 1 fully saturated rings. The fraction of sp³-hybridized carbons (Fsp3) is 0.571. The first-order chi connectivity index (χ1) is 8.88. The van der Waals surface area contributed by atoms with Crippen molar-refractivity contribution >= 4 is 0 Å². The van der Waals surface area contributed by atoms with Crippen LogP contribution >= 0.6 is 0 Å². The lowest BCUT2D eigenvalue weighted by Crippen LogP contribution is -2.33. The van der Waals surface area contributed by atoms with E-state index in [1.807, 2.05) is 30.3 Å². The third-order valence-corrected chi connectivity index (χ3v) is 2.86. The summed E-state index contributed by atoms with van der Waals surface area (Å²) in [6, 6.07) is 9.52. The number of aliphatic hydroxyl groups is 1. The van der Waals surface area contributed by atoms with Gasteiger partial charge < -0.3 is 19.3 Å². The second-order valence-corrected chi connectivity index (χ2v) is 4.36. The molecule has 100 valence electrons. The lowest BCUT2D eigenvalue weighted by Gasteiger charge is -2.26. The zero-order valence-electron chi connectivity index (χ0n) is 10.5. The van der Waals surface area contributed by atoms with Gasteiger partial charge >= 0.3 is 0 Å². The predicted octanol–water partition coefficient (Wildman–Crippen LogP) is 1.97. The average Bonchev–Trinajstić information content (AvgIpc) is 2.45. The summed E-state index contributed by atoms with van der Waals surface area (Å²) in [4.78, 5) is 0. The molecular formula is C14H20O4. The standard InChI is InChI=1S/C14H20O4/c15-10-13(18-14-8-4-5-9-16-14)11-17-12-6-2-1-3-7-12/h1-3,6-7,13-15H,4-5,8-11H2/t13-,14?/m0/s1. The Labute approximate surface area is 107 Å². The molecule has 1 aliphatic rings. The summed E-state index contributed by atoms with van der Waals surface area (Å²) in [7, 11) is 0. The van der Waals surface area contributed by atoms with Crippen LogP contribution in [0.3, 0.4) is 0 Å². The summed E-state index contributed by atoms with van der Waals surface area (Å²) in [6.07, 6.45) is 2.55. The molecule has 0 saturated carbocycles. The number of para-hydroxylation sites is 1. The zero-order chi connectivity index (χ0) is 12.6. The molecule has 4 heteroatoms. The molecule has 1 unspecified atom stereocenters. The van der Waals surface area contributed by atoms with Gasteiger partial charge in [0.25, 0.3) is 0 Å². The smallest absolute Gasteiger partial charge is 0.158 e. The molecule has 1 aromatic rings. The maximum Gasteiger partial charge on any atom is 0.158 e. The van der Waals surface area contributed by atoms with E-state index in [2.05, 4.69) is 0 Å². The van der Waals surface area contributed by atoms with Gasteiger partial charge in [-0.2, -0.15) is 0 Å². The van der Waals surface area contributed by atoms with Gasteiger partial charge in [0.05, 0.1) is 6.61 Å². The molecule has 1 aliphatic heterocycles. The largest absolute Gasteiger partial charge is 0.491 e. The average molecular weight is 252 g/mol. The van der Waals surface area contributed by atoms with Crippen LogP contribution in [-0.4, -0.2) is 37.3 Å². The maximum atomic E-state index is 9.27. The molecule has 1 saturated heterocycles. The van der Waals surface area contributed by atoms with Crippen molar-refractivity contribution in [2.24, 2.45) is 0 Å². The Morgan fingerprint density at radius 2 is 2.11 bits per heavy atom. The number of aliphatic hydroxyl groups excluding tert-OH is 1. The normalized spacial score (nSPS) is 21.5. The minimum absolute atomic E-state index is 0.0628. The van der Waals surface area contributed by atoms with Crippen LogP contribution in [-0.2, 0) is 9.47 Å². The molecule has 4 nitrogen and oxygen atoms in total. The van der Waals surface area contributed by atoms with Crippen molar-refractivity contribution in [1.29, 1.82) is 0 Å². The van der Waals surface area contributed by atoms with Crippen LogP contribution in [0.1, 0.15) is 19.3 Å². The highest BCUT2D eigenvalue weighted by Gasteiger charge is 2.19. The topological polar surface area (TPSA) is 47.9 Å². The molecule has 0 amide bonds. The molecular weight excluding hydrogens is 232 g/mol. The molecule has 1 heterocycles. The van der Waals surface area contributed by atoms with Crippen molar-refractivity contribution in [3.63, 3.8) is 0 Å². The van der Waals surface area contributed by atoms with Crippen LogP contribution in [0, 0.1) is 0 Å². The number of benzene rings is 1. The van der Waals surface area contributed by atoms with Gasteiger partial charge in [0.1, 0.15) is 18.5 Å². The number of rotatable bonds is 6. The van der Waals surface area contributed by atoms with Crippen molar-refractivity contribution in [3.05, 3.63) is 30.3 Å². The Morgan fingerprint density at radius 1 is 1.28 bits per heavy atom. The minimum atomic E-state index is -0.340. The van der Waals surface area contributed by atoms with Gasteiger partial charge in [0.15, 0.2) is 6.29 Å². The van der Waals surface area contributed by atoms with E-state index in [1.165, 1.54) is 0 Å². The SMILES string of the molecule is OC[C@@H](COc1ccccc1)OC1CCCCO1. The number of ether oxygens (including phenoxy) is 3. The molecule has 2 atom stereocenters. The third-order valence-electron chi connectivity index (χ3n) is 2.86. The fourth-order valence-corrected chi connectivity index (χ4v) is 1.87. The van der Waals surface area contributed by atoms with E-state index >= 15 is 0 Å². The molecule has 0 spiro atoms. The first kappa shape index (κ1) is 13.3. The van der Waals surface area contributed by atoms with Crippen molar-refractivity contribution in [2.75, 3.05) is 19.8 Å². The van der Waals surface area contributed by atoms with Crippen LogP contribution in [0.15, 0.2) is 30.3 Å². The van der Waals surface area contributed by atoms with Gasteiger partial charge in [-0.15, -0.1) is 0 Å². The lowest BCUT2D eigenvalue weighted by molar-refractivity contribution is -0.199. The number of hydrogen-bond acceptors (Lipinski definition) is 4. The summed E-state index contributed by atoms with van der Waals surface area (Å²) in [6.45, 7) is 1.01. The van der Waals surface area contributed by atoms with Crippen molar-refractivity contribution in [2.45, 2.75) is 31.7 Å². The first-order valence-electron chi connectivity index (χ1n) is 6.44. The van der Waals surface area contributed by atoms with E-state index in [9.17, 15) is 5.11 Å². The van der Waals surface area contributed by atoms with Gasteiger partial charge in [-0.1, -0.05) is 18.2 Å². The molecule has 2 rings (SSSR count). The van der Waals surface area contributed by atoms with Crippen LogP contribution in [0.25, 0.3) is 0 Å². The van der Waals surface area contributed by atoms with Gasteiger partial charge in [-0.3, -0.25) is 0 Å². The van der Waals surface area contributed by atoms with Crippen LogP contribution < -0.4 is 4.74 Å². The highest BCUT2D eigenvalue weighted by atomic mass is 16.7.